The molecule has 0 bridgehead atoms. The van der Waals surface area contributed by atoms with Crippen molar-refractivity contribution in [2.24, 2.45) is 0 Å². The van der Waals surface area contributed by atoms with Crippen LogP contribution in [0.4, 0.5) is 13.2 Å². The summed E-state index contributed by atoms with van der Waals surface area (Å²) >= 11 is 1.35. The van der Waals surface area contributed by atoms with Crippen LogP contribution in [-0.2, 0) is 15.7 Å². The number of benzene rings is 1. The van der Waals surface area contributed by atoms with E-state index in [-0.39, 0.29) is 23.0 Å². The molecule has 0 N–H and O–H groups in total. The van der Waals surface area contributed by atoms with Crippen molar-refractivity contribution in [3.05, 3.63) is 70.1 Å². The number of carbonyl (C=O) groups excluding carboxylic acids is 3. The third-order valence-electron chi connectivity index (χ3n) is 5.26. The summed E-state index contributed by atoms with van der Waals surface area (Å²) in [5, 5.41) is 1.82. The van der Waals surface area contributed by atoms with Gasteiger partial charge in [0, 0.05) is 31.7 Å². The smallest absolute Gasteiger partial charge is 0.416 e. The van der Waals surface area contributed by atoms with Gasteiger partial charge in [0.2, 0.25) is 5.76 Å². The number of carbonyl (C=O) groups is 3. The van der Waals surface area contributed by atoms with Crippen LogP contribution in [0.1, 0.15) is 25.8 Å². The van der Waals surface area contributed by atoms with E-state index in [4.69, 9.17) is 9.15 Å². The van der Waals surface area contributed by atoms with E-state index < -0.39 is 30.2 Å². The molecular weight excluding hydrogens is 473 g/mol. The second-order valence-electron chi connectivity index (χ2n) is 7.47. The highest BCUT2D eigenvalue weighted by Crippen LogP contribution is 2.32. The average molecular weight is 492 g/mol. The molecule has 11 heteroatoms. The lowest BCUT2D eigenvalue weighted by atomic mass is 10.1. The van der Waals surface area contributed by atoms with Crippen LogP contribution < -0.4 is 0 Å². The zero-order valence-electron chi connectivity index (χ0n) is 17.7. The van der Waals surface area contributed by atoms with Crippen LogP contribution in [0.5, 0.6) is 0 Å². The van der Waals surface area contributed by atoms with Crippen LogP contribution in [0.2, 0.25) is 0 Å². The van der Waals surface area contributed by atoms with Crippen molar-refractivity contribution in [1.82, 2.24) is 9.80 Å². The van der Waals surface area contributed by atoms with Crippen molar-refractivity contribution in [3.8, 4) is 11.3 Å². The topological polar surface area (TPSA) is 80.1 Å². The van der Waals surface area contributed by atoms with Crippen LogP contribution in [-0.4, -0.2) is 60.4 Å². The van der Waals surface area contributed by atoms with Crippen LogP contribution >= 0.6 is 11.3 Å². The summed E-state index contributed by atoms with van der Waals surface area (Å²) in [6.45, 7) is 0.850. The fourth-order valence-electron chi connectivity index (χ4n) is 3.46. The Bertz CT molecular complexity index is 1180. The highest BCUT2D eigenvalue weighted by atomic mass is 32.1. The van der Waals surface area contributed by atoms with Crippen LogP contribution in [0, 0.1) is 0 Å². The number of rotatable bonds is 5. The number of halogens is 3. The quantitative estimate of drug-likeness (QED) is 0.500. The van der Waals surface area contributed by atoms with Gasteiger partial charge in [0.05, 0.1) is 10.4 Å². The zero-order chi connectivity index (χ0) is 24.3. The van der Waals surface area contributed by atoms with Gasteiger partial charge >= 0.3 is 12.1 Å². The van der Waals surface area contributed by atoms with E-state index in [1.54, 1.807) is 17.0 Å². The van der Waals surface area contributed by atoms with E-state index in [0.717, 1.165) is 12.1 Å². The van der Waals surface area contributed by atoms with Gasteiger partial charge in [0.15, 0.2) is 6.61 Å². The van der Waals surface area contributed by atoms with Gasteiger partial charge < -0.3 is 19.0 Å². The minimum absolute atomic E-state index is 0.0657. The molecule has 3 heterocycles. The van der Waals surface area contributed by atoms with Crippen molar-refractivity contribution >= 4 is 29.1 Å². The molecule has 0 saturated carbocycles. The maximum atomic E-state index is 12.9. The molecule has 3 aromatic rings. The van der Waals surface area contributed by atoms with Crippen molar-refractivity contribution in [2.75, 3.05) is 32.8 Å². The molecule has 2 amide bonds. The minimum Gasteiger partial charge on any atom is -0.450 e. The number of amides is 2. The van der Waals surface area contributed by atoms with Gasteiger partial charge in [-0.2, -0.15) is 13.2 Å². The predicted octanol–water partition coefficient (Wildman–Crippen LogP) is 4.17. The lowest BCUT2D eigenvalue weighted by Crippen LogP contribution is -2.51. The fraction of sp³-hybridized carbons (Fsp3) is 0.261. The average Bonchev–Trinajstić information content (AvgIpc) is 3.54. The third-order valence-corrected chi connectivity index (χ3v) is 6.12. The number of piperazine rings is 1. The lowest BCUT2D eigenvalue weighted by Gasteiger charge is -2.34. The molecule has 4 rings (SSSR count). The number of esters is 1. The van der Waals surface area contributed by atoms with Gasteiger partial charge in [-0.1, -0.05) is 18.2 Å². The van der Waals surface area contributed by atoms with Crippen molar-refractivity contribution < 1.29 is 36.7 Å². The molecule has 1 aliphatic heterocycles. The van der Waals surface area contributed by atoms with Gasteiger partial charge in [-0.05, 0) is 35.7 Å². The molecule has 0 atom stereocenters. The number of hydrogen-bond donors (Lipinski definition) is 0. The first-order chi connectivity index (χ1) is 16.2. The Morgan fingerprint density at radius 2 is 1.71 bits per heavy atom. The molecule has 7 nitrogen and oxygen atoms in total. The summed E-state index contributed by atoms with van der Waals surface area (Å²) < 4.78 is 49.1. The van der Waals surface area contributed by atoms with Crippen molar-refractivity contribution in [1.29, 1.82) is 0 Å². The Morgan fingerprint density at radius 1 is 0.971 bits per heavy atom. The molecule has 0 unspecified atom stereocenters. The Morgan fingerprint density at radius 3 is 2.38 bits per heavy atom. The maximum Gasteiger partial charge on any atom is 0.416 e. The summed E-state index contributed by atoms with van der Waals surface area (Å²) in [7, 11) is 0. The predicted molar refractivity (Wildman–Crippen MR) is 116 cm³/mol. The lowest BCUT2D eigenvalue weighted by molar-refractivity contribution is -0.137. The van der Waals surface area contributed by atoms with Gasteiger partial charge in [-0.15, -0.1) is 11.3 Å². The summed E-state index contributed by atoms with van der Waals surface area (Å²) in [5.74, 6) is -1.57. The normalized spacial score (nSPS) is 14.2. The summed E-state index contributed by atoms with van der Waals surface area (Å²) in [6.07, 6.45) is -4.51. The Kier molecular flexibility index (Phi) is 6.73. The molecule has 0 aliphatic carbocycles. The van der Waals surface area contributed by atoms with Crippen molar-refractivity contribution in [3.63, 3.8) is 0 Å². The summed E-state index contributed by atoms with van der Waals surface area (Å²) in [5.41, 5.74) is -0.687. The number of nitrogens with zero attached hydrogens (tertiary/aromatic N) is 2. The fourth-order valence-corrected chi connectivity index (χ4v) is 4.15. The standard InChI is InChI=1S/C23H19F3N2O5S/c24-23(25,26)16-4-1-3-15(13-16)17-6-7-18(33-17)22(31)32-14-20(29)27-8-10-28(11-9-27)21(30)19-5-2-12-34-19/h1-7,12-13H,8-11,14H2. The molecule has 2 aromatic heterocycles. The SMILES string of the molecule is O=C(OCC(=O)N1CCN(C(=O)c2cccs2)CC1)c1ccc(-c2cccc(C(F)(F)F)c2)o1. The number of ether oxygens (including phenoxy) is 1. The summed E-state index contributed by atoms with van der Waals surface area (Å²) in [4.78, 5) is 40.8. The Balaban J connectivity index is 1.29. The molecule has 34 heavy (non-hydrogen) atoms. The van der Waals surface area contributed by atoms with Gasteiger partial charge in [0.25, 0.3) is 11.8 Å². The molecule has 0 radical (unpaired) electrons. The van der Waals surface area contributed by atoms with E-state index in [1.807, 2.05) is 5.38 Å². The van der Waals surface area contributed by atoms with E-state index >= 15 is 0 Å². The molecule has 1 saturated heterocycles. The van der Waals surface area contributed by atoms with E-state index in [0.29, 0.717) is 31.1 Å². The highest BCUT2D eigenvalue weighted by Gasteiger charge is 2.31. The first kappa shape index (κ1) is 23.6. The summed E-state index contributed by atoms with van der Waals surface area (Å²) in [6, 6.07) is 10.7. The minimum atomic E-state index is -4.51. The number of thiophene rings is 1. The highest BCUT2D eigenvalue weighted by molar-refractivity contribution is 7.12. The van der Waals surface area contributed by atoms with E-state index in [2.05, 4.69) is 0 Å². The largest absolute Gasteiger partial charge is 0.450 e. The number of furan rings is 1. The zero-order valence-corrected chi connectivity index (χ0v) is 18.5. The van der Waals surface area contributed by atoms with Gasteiger partial charge in [0.1, 0.15) is 5.76 Å². The molecule has 1 fully saturated rings. The molecule has 1 aromatic carbocycles. The third kappa shape index (κ3) is 5.30. The molecule has 178 valence electrons. The second kappa shape index (κ2) is 9.72. The Labute approximate surface area is 196 Å². The number of hydrogen-bond acceptors (Lipinski definition) is 6. The Hall–Kier alpha value is -3.60. The first-order valence-electron chi connectivity index (χ1n) is 10.3. The van der Waals surface area contributed by atoms with Crippen LogP contribution in [0.15, 0.2) is 58.3 Å². The van der Waals surface area contributed by atoms with Crippen LogP contribution in [0.3, 0.4) is 0 Å². The molecule has 1 aliphatic rings. The first-order valence-corrected chi connectivity index (χ1v) is 11.2. The maximum absolute atomic E-state index is 12.9. The van der Waals surface area contributed by atoms with E-state index in [9.17, 15) is 27.6 Å². The van der Waals surface area contributed by atoms with E-state index in [1.165, 1.54) is 40.5 Å². The van der Waals surface area contributed by atoms with Gasteiger partial charge in [-0.25, -0.2) is 4.79 Å². The molecular formula is C23H19F3N2O5S. The van der Waals surface area contributed by atoms with Crippen LogP contribution in [0.25, 0.3) is 11.3 Å². The molecule has 0 spiro atoms. The van der Waals surface area contributed by atoms with Gasteiger partial charge in [-0.3, -0.25) is 9.59 Å². The number of alkyl halides is 3. The van der Waals surface area contributed by atoms with Crippen molar-refractivity contribution in [2.45, 2.75) is 6.18 Å². The second-order valence-corrected chi connectivity index (χ2v) is 8.42. The monoisotopic (exact) mass is 492 g/mol.